The van der Waals surface area contributed by atoms with Gasteiger partial charge in [-0.05, 0) is 59.0 Å². The van der Waals surface area contributed by atoms with Crippen molar-refractivity contribution in [3.63, 3.8) is 0 Å². The number of carbonyl (C=O) groups is 3. The number of hydrogen-bond acceptors (Lipinski definition) is 8. The largest absolute Gasteiger partial charge is 0.369 e. The molecule has 0 bridgehead atoms. The van der Waals surface area contributed by atoms with Crippen LogP contribution in [0, 0.1) is 0 Å². The first-order valence-electron chi connectivity index (χ1n) is 12.7. The summed E-state index contributed by atoms with van der Waals surface area (Å²) in [5.41, 5.74) is 8.39. The van der Waals surface area contributed by atoms with E-state index in [0.717, 1.165) is 5.56 Å². The molecule has 1 unspecified atom stereocenters. The minimum absolute atomic E-state index is 0.0886. The van der Waals surface area contributed by atoms with E-state index in [2.05, 4.69) is 52.5 Å². The van der Waals surface area contributed by atoms with Gasteiger partial charge in [-0.3, -0.25) is 14.4 Å². The lowest BCUT2D eigenvalue weighted by Crippen LogP contribution is -2.42. The van der Waals surface area contributed by atoms with Gasteiger partial charge in [-0.1, -0.05) is 36.4 Å². The fourth-order valence-corrected chi connectivity index (χ4v) is 4.32. The van der Waals surface area contributed by atoms with Crippen molar-refractivity contribution in [2.75, 3.05) is 29.0 Å². The summed E-state index contributed by atoms with van der Waals surface area (Å²) in [6.45, 7) is 1.04. The van der Waals surface area contributed by atoms with Crippen molar-refractivity contribution < 1.29 is 14.4 Å². The lowest BCUT2D eigenvalue weighted by Gasteiger charge is -2.14. The Morgan fingerprint density at radius 2 is 1.90 bits per heavy atom. The maximum absolute atomic E-state index is 12.6. The third-order valence-electron chi connectivity index (χ3n) is 6.02. The van der Waals surface area contributed by atoms with E-state index >= 15 is 0 Å². The number of benzene rings is 2. The number of nitrogens with zero attached hydrogens (tertiary/aromatic N) is 2. The van der Waals surface area contributed by atoms with Crippen molar-refractivity contribution >= 4 is 56.8 Å². The molecule has 0 radical (unpaired) electrons. The highest BCUT2D eigenvalue weighted by Crippen LogP contribution is 2.23. The van der Waals surface area contributed by atoms with Crippen LogP contribution in [0.4, 0.5) is 23.1 Å². The quantitative estimate of drug-likeness (QED) is 0.174. The minimum atomic E-state index is -0.677. The van der Waals surface area contributed by atoms with Crippen LogP contribution in [0.15, 0.2) is 65.3 Å². The SMILES string of the molecule is N[C@H](Cc1ccccc1)C(=O)Nc1cccc(Nc2ncc(Br)c(NCCCNC(=O)C3CCC(=O)N3)n2)c1. The molecule has 0 saturated carbocycles. The van der Waals surface area contributed by atoms with Crippen LogP contribution in [0.2, 0.25) is 0 Å². The molecule has 1 saturated heterocycles. The molecule has 11 nitrogen and oxygen atoms in total. The van der Waals surface area contributed by atoms with E-state index in [1.165, 1.54) is 0 Å². The minimum Gasteiger partial charge on any atom is -0.369 e. The molecule has 0 aliphatic carbocycles. The molecule has 204 valence electrons. The lowest BCUT2D eigenvalue weighted by atomic mass is 10.1. The monoisotopic (exact) mass is 594 g/mol. The van der Waals surface area contributed by atoms with Gasteiger partial charge in [0.1, 0.15) is 11.9 Å². The Balaban J connectivity index is 1.25. The van der Waals surface area contributed by atoms with Crippen LogP contribution in [0.3, 0.4) is 0 Å². The maximum Gasteiger partial charge on any atom is 0.242 e. The summed E-state index contributed by atoms with van der Waals surface area (Å²) in [5, 5.41) is 14.7. The van der Waals surface area contributed by atoms with Gasteiger partial charge >= 0.3 is 0 Å². The molecule has 4 rings (SSSR count). The van der Waals surface area contributed by atoms with Crippen LogP contribution >= 0.6 is 15.9 Å². The van der Waals surface area contributed by atoms with Gasteiger partial charge < -0.3 is 32.3 Å². The number of hydrogen-bond donors (Lipinski definition) is 6. The second-order valence-electron chi connectivity index (χ2n) is 9.11. The molecule has 2 heterocycles. The zero-order chi connectivity index (χ0) is 27.6. The van der Waals surface area contributed by atoms with Gasteiger partial charge in [0.2, 0.25) is 23.7 Å². The fourth-order valence-electron chi connectivity index (χ4n) is 3.99. The highest BCUT2D eigenvalue weighted by atomic mass is 79.9. The predicted octanol–water partition coefficient (Wildman–Crippen LogP) is 2.69. The van der Waals surface area contributed by atoms with Crippen molar-refractivity contribution in [2.24, 2.45) is 5.73 Å². The summed E-state index contributed by atoms with van der Waals surface area (Å²) >= 11 is 3.45. The molecule has 0 spiro atoms. The smallest absolute Gasteiger partial charge is 0.242 e. The lowest BCUT2D eigenvalue weighted by molar-refractivity contribution is -0.125. The van der Waals surface area contributed by atoms with Gasteiger partial charge in [0.25, 0.3) is 0 Å². The topological polar surface area (TPSA) is 163 Å². The number of nitrogens with two attached hydrogens (primary N) is 1. The number of aromatic nitrogens is 2. The van der Waals surface area contributed by atoms with Crippen molar-refractivity contribution in [2.45, 2.75) is 37.8 Å². The average molecular weight is 596 g/mol. The zero-order valence-corrected chi connectivity index (χ0v) is 22.8. The molecule has 2 atom stereocenters. The van der Waals surface area contributed by atoms with E-state index in [4.69, 9.17) is 5.73 Å². The summed E-state index contributed by atoms with van der Waals surface area (Å²) in [6.07, 6.45) is 3.66. The summed E-state index contributed by atoms with van der Waals surface area (Å²) in [7, 11) is 0. The Morgan fingerprint density at radius 1 is 1.10 bits per heavy atom. The number of halogens is 1. The number of amides is 3. The first-order chi connectivity index (χ1) is 18.9. The molecular formula is C27H31BrN8O3. The van der Waals surface area contributed by atoms with Crippen LogP contribution < -0.4 is 32.3 Å². The molecule has 12 heteroatoms. The first kappa shape index (κ1) is 28.0. The van der Waals surface area contributed by atoms with Gasteiger partial charge in [-0.15, -0.1) is 0 Å². The molecule has 3 amide bonds. The number of carbonyl (C=O) groups excluding carboxylic acids is 3. The standard InChI is InChI=1S/C27H31BrN8O3/c28-20-16-32-27(36-24(20)30-12-5-13-31-26(39)22-10-11-23(37)35-22)34-19-9-4-8-18(15-19)33-25(38)21(29)14-17-6-2-1-3-7-17/h1-4,6-9,15-16,21-22H,5,10-14,29H2,(H,31,39)(H,33,38)(H,35,37)(H2,30,32,34,36)/t21-,22?/m1/s1. The highest BCUT2D eigenvalue weighted by Gasteiger charge is 2.26. The number of rotatable bonds is 12. The Bertz CT molecular complexity index is 1310. The highest BCUT2D eigenvalue weighted by molar-refractivity contribution is 9.10. The first-order valence-corrected chi connectivity index (χ1v) is 13.5. The summed E-state index contributed by atoms with van der Waals surface area (Å²) in [5.74, 6) is 0.446. The molecule has 1 aliphatic heterocycles. The van der Waals surface area contributed by atoms with Crippen molar-refractivity contribution in [3.8, 4) is 0 Å². The molecule has 39 heavy (non-hydrogen) atoms. The number of nitrogens with one attached hydrogen (secondary N) is 5. The van der Waals surface area contributed by atoms with Crippen LogP contribution in [0.1, 0.15) is 24.8 Å². The van der Waals surface area contributed by atoms with E-state index in [1.807, 2.05) is 42.5 Å². The zero-order valence-electron chi connectivity index (χ0n) is 21.2. The average Bonchev–Trinajstić information content (AvgIpc) is 3.37. The van der Waals surface area contributed by atoms with Gasteiger partial charge in [0.05, 0.1) is 10.5 Å². The molecule has 1 fully saturated rings. The third-order valence-corrected chi connectivity index (χ3v) is 6.60. The van der Waals surface area contributed by atoms with Gasteiger partial charge in [-0.2, -0.15) is 4.98 Å². The second-order valence-corrected chi connectivity index (χ2v) is 9.97. The van der Waals surface area contributed by atoms with Gasteiger partial charge in [0, 0.05) is 37.1 Å². The van der Waals surface area contributed by atoms with E-state index in [1.54, 1.807) is 18.3 Å². The fraction of sp³-hybridized carbons (Fsp3) is 0.296. The van der Waals surface area contributed by atoms with E-state index in [9.17, 15) is 14.4 Å². The normalized spacial score (nSPS) is 15.2. The molecule has 3 aromatic rings. The van der Waals surface area contributed by atoms with E-state index < -0.39 is 12.1 Å². The maximum atomic E-state index is 12.6. The van der Waals surface area contributed by atoms with Crippen LogP contribution in [-0.4, -0.2) is 52.9 Å². The van der Waals surface area contributed by atoms with E-state index in [-0.39, 0.29) is 17.7 Å². The van der Waals surface area contributed by atoms with Crippen molar-refractivity contribution in [1.29, 1.82) is 0 Å². The molecule has 2 aromatic carbocycles. The Hall–Kier alpha value is -4.03. The summed E-state index contributed by atoms with van der Waals surface area (Å²) in [4.78, 5) is 44.8. The summed E-state index contributed by atoms with van der Waals surface area (Å²) < 4.78 is 0.694. The van der Waals surface area contributed by atoms with Crippen molar-refractivity contribution in [3.05, 3.63) is 70.8 Å². The molecule has 1 aliphatic rings. The van der Waals surface area contributed by atoms with Crippen LogP contribution in [-0.2, 0) is 20.8 Å². The van der Waals surface area contributed by atoms with Crippen molar-refractivity contribution in [1.82, 2.24) is 20.6 Å². The third kappa shape index (κ3) is 8.48. The predicted molar refractivity (Wildman–Crippen MR) is 153 cm³/mol. The Kier molecular flexibility index (Phi) is 9.81. The summed E-state index contributed by atoms with van der Waals surface area (Å²) in [6, 6.07) is 15.7. The molecule has 7 N–H and O–H groups in total. The second kappa shape index (κ2) is 13.7. The number of anilines is 4. The van der Waals surface area contributed by atoms with Gasteiger partial charge in [0.15, 0.2) is 0 Å². The Labute approximate surface area is 234 Å². The van der Waals surface area contributed by atoms with E-state index in [0.29, 0.717) is 66.4 Å². The van der Waals surface area contributed by atoms with Crippen LogP contribution in [0.5, 0.6) is 0 Å². The molecule has 1 aromatic heterocycles. The Morgan fingerprint density at radius 3 is 2.67 bits per heavy atom. The molecular weight excluding hydrogens is 564 g/mol. The van der Waals surface area contributed by atoms with Gasteiger partial charge in [-0.25, -0.2) is 4.98 Å². The van der Waals surface area contributed by atoms with Crippen LogP contribution in [0.25, 0.3) is 0 Å².